The van der Waals surface area contributed by atoms with Gasteiger partial charge in [0.1, 0.15) is 0 Å². The summed E-state index contributed by atoms with van der Waals surface area (Å²) in [6, 6.07) is 7.27. The lowest BCUT2D eigenvalue weighted by Crippen LogP contribution is -2.17. The topological polar surface area (TPSA) is 64.0 Å². The van der Waals surface area contributed by atoms with Gasteiger partial charge in [-0.15, -0.1) is 0 Å². The van der Waals surface area contributed by atoms with Gasteiger partial charge in [0, 0.05) is 16.8 Å². The summed E-state index contributed by atoms with van der Waals surface area (Å²) in [7, 11) is 0. The Morgan fingerprint density at radius 3 is 2.90 bits per heavy atom. The van der Waals surface area contributed by atoms with Crippen LogP contribution in [0.4, 0.5) is 4.79 Å². The van der Waals surface area contributed by atoms with Gasteiger partial charge in [0.2, 0.25) is 0 Å². The number of nitrogens with zero attached hydrogens (tertiary/aromatic N) is 2. The second-order valence-corrected chi connectivity index (χ2v) is 5.50. The van der Waals surface area contributed by atoms with Crippen LogP contribution >= 0.6 is 23.4 Å². The van der Waals surface area contributed by atoms with Crippen LogP contribution in [0, 0.1) is 0 Å². The molecule has 0 atom stereocenters. The van der Waals surface area contributed by atoms with Crippen LogP contribution in [0.25, 0.3) is 11.8 Å². The van der Waals surface area contributed by atoms with E-state index in [1.54, 1.807) is 35.3 Å². The zero-order valence-electron chi connectivity index (χ0n) is 10.0. The molecule has 2 amide bonds. The molecule has 1 aliphatic heterocycles. The van der Waals surface area contributed by atoms with Gasteiger partial charge in [-0.1, -0.05) is 17.7 Å². The molecule has 1 fully saturated rings. The fraction of sp³-hybridized carbons (Fsp3) is 0. The summed E-state index contributed by atoms with van der Waals surface area (Å²) in [5.74, 6) is -0.379. The number of carbonyl (C=O) groups excluding carboxylic acids is 2. The molecular weight excluding hydrogens is 298 g/mol. The number of benzene rings is 1. The molecule has 1 aliphatic rings. The molecular formula is C13H8ClN3O2S. The fourth-order valence-electron chi connectivity index (χ4n) is 1.74. The van der Waals surface area contributed by atoms with Crippen molar-refractivity contribution in [2.45, 2.75) is 0 Å². The van der Waals surface area contributed by atoms with E-state index in [2.05, 4.69) is 10.4 Å². The van der Waals surface area contributed by atoms with Gasteiger partial charge in [-0.25, -0.2) is 4.68 Å². The van der Waals surface area contributed by atoms with Crippen LogP contribution in [0.5, 0.6) is 0 Å². The number of thioether (sulfide) groups is 1. The van der Waals surface area contributed by atoms with Gasteiger partial charge in [-0.3, -0.25) is 14.9 Å². The molecule has 1 saturated heterocycles. The Bertz CT molecular complexity index is 739. The molecule has 0 bridgehead atoms. The molecule has 2 heterocycles. The zero-order valence-corrected chi connectivity index (χ0v) is 11.6. The molecule has 1 N–H and O–H groups in total. The molecule has 0 aliphatic carbocycles. The average molecular weight is 306 g/mol. The van der Waals surface area contributed by atoms with E-state index in [1.807, 2.05) is 12.1 Å². The highest BCUT2D eigenvalue weighted by atomic mass is 35.5. The second kappa shape index (κ2) is 5.15. The van der Waals surface area contributed by atoms with Crippen LogP contribution in [0.3, 0.4) is 0 Å². The van der Waals surface area contributed by atoms with Gasteiger partial charge in [0.15, 0.2) is 0 Å². The Hall–Kier alpha value is -2.05. The summed E-state index contributed by atoms with van der Waals surface area (Å²) < 4.78 is 1.65. The Kier molecular flexibility index (Phi) is 3.33. The normalized spacial score (nSPS) is 16.8. The van der Waals surface area contributed by atoms with Crippen molar-refractivity contribution < 1.29 is 9.59 Å². The van der Waals surface area contributed by atoms with Crippen LogP contribution < -0.4 is 5.32 Å². The van der Waals surface area contributed by atoms with Crippen LogP contribution in [-0.2, 0) is 4.79 Å². The number of nitrogens with one attached hydrogen (secondary N) is 1. The second-order valence-electron chi connectivity index (χ2n) is 4.05. The Labute approximate surface area is 123 Å². The molecule has 1 aromatic heterocycles. The number of carbonyl (C=O) groups is 2. The first-order valence-electron chi connectivity index (χ1n) is 5.67. The molecule has 5 nitrogen and oxygen atoms in total. The van der Waals surface area contributed by atoms with E-state index in [9.17, 15) is 9.59 Å². The first-order valence-corrected chi connectivity index (χ1v) is 6.87. The number of amides is 2. The van der Waals surface area contributed by atoms with Crippen molar-refractivity contribution in [3.05, 3.63) is 52.2 Å². The van der Waals surface area contributed by atoms with Crippen molar-refractivity contribution in [2.24, 2.45) is 0 Å². The van der Waals surface area contributed by atoms with Crippen LogP contribution in [0.1, 0.15) is 5.56 Å². The number of hydrogen-bond acceptors (Lipinski definition) is 4. The van der Waals surface area contributed by atoms with Crippen molar-refractivity contribution in [1.29, 1.82) is 0 Å². The highest BCUT2D eigenvalue weighted by molar-refractivity contribution is 8.18. The van der Waals surface area contributed by atoms with Gasteiger partial charge in [-0.05, 0) is 36.0 Å². The van der Waals surface area contributed by atoms with E-state index < -0.39 is 0 Å². The van der Waals surface area contributed by atoms with E-state index in [1.165, 1.54) is 0 Å². The van der Waals surface area contributed by atoms with Crippen LogP contribution in [0.2, 0.25) is 5.02 Å². The van der Waals surface area contributed by atoms with Gasteiger partial charge < -0.3 is 0 Å². The molecule has 2 aromatic rings. The third-order valence-electron chi connectivity index (χ3n) is 2.62. The number of aromatic nitrogens is 2. The lowest BCUT2D eigenvalue weighted by molar-refractivity contribution is -0.115. The van der Waals surface area contributed by atoms with Crippen molar-refractivity contribution in [3.63, 3.8) is 0 Å². The fourth-order valence-corrected chi connectivity index (χ4v) is 2.61. The first kappa shape index (κ1) is 13.0. The number of hydrogen-bond donors (Lipinski definition) is 1. The molecule has 0 saturated carbocycles. The maximum absolute atomic E-state index is 11.4. The quantitative estimate of drug-likeness (QED) is 0.867. The summed E-state index contributed by atoms with van der Waals surface area (Å²) in [5.41, 5.74) is 1.55. The smallest absolute Gasteiger partial charge is 0.282 e. The van der Waals surface area contributed by atoms with Crippen molar-refractivity contribution in [3.8, 4) is 5.69 Å². The zero-order chi connectivity index (χ0) is 14.1. The summed E-state index contributed by atoms with van der Waals surface area (Å²) in [4.78, 5) is 22.9. The van der Waals surface area contributed by atoms with E-state index in [0.717, 1.165) is 23.0 Å². The van der Waals surface area contributed by atoms with Gasteiger partial charge in [-0.2, -0.15) is 5.10 Å². The molecule has 100 valence electrons. The van der Waals surface area contributed by atoms with Crippen LogP contribution in [-0.4, -0.2) is 20.9 Å². The lowest BCUT2D eigenvalue weighted by atomic mass is 10.3. The summed E-state index contributed by atoms with van der Waals surface area (Å²) in [6.07, 6.45) is 5.00. The largest absolute Gasteiger partial charge is 0.290 e. The lowest BCUT2D eigenvalue weighted by Gasteiger charge is -2.00. The third kappa shape index (κ3) is 2.61. The minimum Gasteiger partial charge on any atom is -0.282 e. The first-order chi connectivity index (χ1) is 9.61. The molecule has 20 heavy (non-hydrogen) atoms. The maximum Gasteiger partial charge on any atom is 0.290 e. The molecule has 0 radical (unpaired) electrons. The van der Waals surface area contributed by atoms with E-state index in [4.69, 9.17) is 11.6 Å². The molecule has 0 unspecified atom stereocenters. The Morgan fingerprint density at radius 2 is 2.20 bits per heavy atom. The monoisotopic (exact) mass is 305 g/mol. The SMILES string of the molecule is O=C1NC(=O)/C(=C/c2cnn(-c3cccc(Cl)c3)c2)S1. The molecule has 0 spiro atoms. The van der Waals surface area contributed by atoms with E-state index in [-0.39, 0.29) is 11.1 Å². The van der Waals surface area contributed by atoms with Crippen LogP contribution in [0.15, 0.2) is 41.6 Å². The molecule has 1 aromatic carbocycles. The molecule has 3 rings (SSSR count). The standard InChI is InChI=1S/C13H8ClN3O2S/c14-9-2-1-3-10(5-9)17-7-8(6-15-17)4-11-12(18)16-13(19)20-11/h1-7H,(H,16,18,19)/b11-4-. The summed E-state index contributed by atoms with van der Waals surface area (Å²) in [6.45, 7) is 0. The van der Waals surface area contributed by atoms with Crippen molar-refractivity contribution >= 4 is 40.6 Å². The summed E-state index contributed by atoms with van der Waals surface area (Å²) >= 11 is 6.81. The van der Waals surface area contributed by atoms with Crippen molar-refractivity contribution in [2.75, 3.05) is 0 Å². The number of imide groups is 1. The van der Waals surface area contributed by atoms with E-state index >= 15 is 0 Å². The predicted molar refractivity (Wildman–Crippen MR) is 77.7 cm³/mol. The Balaban J connectivity index is 1.89. The Morgan fingerprint density at radius 1 is 1.35 bits per heavy atom. The minimum absolute atomic E-state index is 0.358. The number of halogens is 1. The van der Waals surface area contributed by atoms with Gasteiger partial charge in [0.05, 0.1) is 16.8 Å². The minimum atomic E-state index is -0.379. The highest BCUT2D eigenvalue weighted by Gasteiger charge is 2.25. The highest BCUT2D eigenvalue weighted by Crippen LogP contribution is 2.25. The van der Waals surface area contributed by atoms with E-state index in [0.29, 0.717) is 9.93 Å². The third-order valence-corrected chi connectivity index (χ3v) is 3.66. The average Bonchev–Trinajstić information content (AvgIpc) is 2.97. The number of rotatable bonds is 2. The van der Waals surface area contributed by atoms with Gasteiger partial charge in [0.25, 0.3) is 11.1 Å². The van der Waals surface area contributed by atoms with Gasteiger partial charge >= 0.3 is 0 Å². The molecule has 7 heteroatoms. The predicted octanol–water partition coefficient (Wildman–Crippen LogP) is 2.85. The maximum atomic E-state index is 11.4. The van der Waals surface area contributed by atoms with Crippen molar-refractivity contribution in [1.82, 2.24) is 15.1 Å². The summed E-state index contributed by atoms with van der Waals surface area (Å²) in [5, 5.41) is 6.67.